The van der Waals surface area contributed by atoms with Gasteiger partial charge in [-0.05, 0) is 36.6 Å². The van der Waals surface area contributed by atoms with E-state index in [1.54, 1.807) is 24.5 Å². The number of fused-ring (bicyclic) bond motifs is 1. The maximum Gasteiger partial charge on any atom is 0.255 e. The van der Waals surface area contributed by atoms with Crippen LogP contribution in [0.15, 0.2) is 52.7 Å². The minimum Gasteiger partial charge on any atom is -0.421 e. The molecular formula is C21H18N8OS. The number of hydrogen-bond donors (Lipinski definition) is 2. The highest BCUT2D eigenvalue weighted by Crippen LogP contribution is 2.35. The average molecular weight is 430 g/mol. The van der Waals surface area contributed by atoms with Crippen molar-refractivity contribution in [2.45, 2.75) is 19.9 Å². The number of thiophene rings is 1. The molecule has 0 fully saturated rings. The SMILES string of the molecule is Cc1nnc(-c2c(N)ncnc2NC(C)c2cc3ccsc3nc2-c2ccccn2)o1. The smallest absolute Gasteiger partial charge is 0.255 e. The summed E-state index contributed by atoms with van der Waals surface area (Å²) in [4.78, 5) is 18.8. The van der Waals surface area contributed by atoms with Gasteiger partial charge in [0.1, 0.15) is 28.4 Å². The van der Waals surface area contributed by atoms with Crippen LogP contribution in [0.1, 0.15) is 24.4 Å². The van der Waals surface area contributed by atoms with Crippen molar-refractivity contribution in [3.05, 3.63) is 59.7 Å². The lowest BCUT2D eigenvalue weighted by Gasteiger charge is -2.19. The molecule has 154 valence electrons. The van der Waals surface area contributed by atoms with Gasteiger partial charge in [-0.15, -0.1) is 21.5 Å². The van der Waals surface area contributed by atoms with Gasteiger partial charge in [0.15, 0.2) is 0 Å². The van der Waals surface area contributed by atoms with Crippen molar-refractivity contribution in [3.8, 4) is 22.8 Å². The zero-order valence-corrected chi connectivity index (χ0v) is 17.6. The Morgan fingerprint density at radius 3 is 2.81 bits per heavy atom. The van der Waals surface area contributed by atoms with Crippen LogP contribution in [0.3, 0.4) is 0 Å². The molecule has 0 bridgehead atoms. The number of aryl methyl sites for hydroxylation is 1. The first-order valence-corrected chi connectivity index (χ1v) is 10.4. The van der Waals surface area contributed by atoms with Crippen molar-refractivity contribution in [1.29, 1.82) is 0 Å². The molecule has 0 radical (unpaired) electrons. The van der Waals surface area contributed by atoms with E-state index in [9.17, 15) is 0 Å². The molecule has 5 aromatic rings. The monoisotopic (exact) mass is 430 g/mol. The number of rotatable bonds is 5. The molecule has 1 unspecified atom stereocenters. The van der Waals surface area contributed by atoms with Gasteiger partial charge in [0, 0.05) is 24.1 Å². The quantitative estimate of drug-likeness (QED) is 0.420. The van der Waals surface area contributed by atoms with Crippen LogP contribution in [0.4, 0.5) is 11.6 Å². The summed E-state index contributed by atoms with van der Waals surface area (Å²) in [5.41, 5.74) is 9.19. The second-order valence-corrected chi connectivity index (χ2v) is 7.83. The van der Waals surface area contributed by atoms with Crippen molar-refractivity contribution in [1.82, 2.24) is 30.1 Å². The Hall–Kier alpha value is -3.92. The molecule has 0 aliphatic heterocycles. The lowest BCUT2D eigenvalue weighted by Crippen LogP contribution is -2.12. The predicted octanol–water partition coefficient (Wildman–Crippen LogP) is 4.26. The van der Waals surface area contributed by atoms with Gasteiger partial charge in [-0.2, -0.15) is 0 Å². The second-order valence-electron chi connectivity index (χ2n) is 6.93. The minimum atomic E-state index is -0.175. The number of nitrogen functional groups attached to an aromatic ring is 1. The van der Waals surface area contributed by atoms with Gasteiger partial charge >= 0.3 is 0 Å². The third-order valence-electron chi connectivity index (χ3n) is 4.82. The summed E-state index contributed by atoms with van der Waals surface area (Å²) in [5, 5.41) is 14.5. The maximum absolute atomic E-state index is 6.12. The van der Waals surface area contributed by atoms with Crippen molar-refractivity contribution in [3.63, 3.8) is 0 Å². The van der Waals surface area contributed by atoms with E-state index in [4.69, 9.17) is 15.1 Å². The highest BCUT2D eigenvalue weighted by molar-refractivity contribution is 7.16. The van der Waals surface area contributed by atoms with Gasteiger partial charge in [0.05, 0.1) is 17.4 Å². The molecule has 5 heterocycles. The topological polar surface area (TPSA) is 129 Å². The molecule has 5 rings (SSSR count). The Kier molecular flexibility index (Phi) is 4.75. The fraction of sp³-hybridized carbons (Fsp3) is 0.143. The largest absolute Gasteiger partial charge is 0.421 e. The normalized spacial score (nSPS) is 12.2. The van der Waals surface area contributed by atoms with Crippen molar-refractivity contribution in [2.75, 3.05) is 11.1 Å². The van der Waals surface area contributed by atoms with Crippen LogP contribution >= 0.6 is 11.3 Å². The van der Waals surface area contributed by atoms with Crippen LogP contribution in [-0.4, -0.2) is 30.1 Å². The highest BCUT2D eigenvalue weighted by atomic mass is 32.1. The fourth-order valence-corrected chi connectivity index (χ4v) is 4.10. The number of pyridine rings is 2. The number of anilines is 2. The van der Waals surface area contributed by atoms with E-state index < -0.39 is 0 Å². The summed E-state index contributed by atoms with van der Waals surface area (Å²) >= 11 is 1.60. The Bertz CT molecular complexity index is 1360. The molecule has 0 saturated carbocycles. The number of nitrogens with two attached hydrogens (primary N) is 1. The van der Waals surface area contributed by atoms with Gasteiger partial charge in [0.25, 0.3) is 5.89 Å². The van der Waals surface area contributed by atoms with Crippen molar-refractivity contribution >= 4 is 33.2 Å². The molecule has 10 heteroatoms. The zero-order chi connectivity index (χ0) is 21.4. The maximum atomic E-state index is 6.12. The van der Waals surface area contributed by atoms with Crippen LogP contribution in [0.25, 0.3) is 33.1 Å². The van der Waals surface area contributed by atoms with Gasteiger partial charge in [0.2, 0.25) is 5.89 Å². The Balaban J connectivity index is 1.59. The van der Waals surface area contributed by atoms with E-state index in [1.807, 2.05) is 30.5 Å². The molecule has 5 aromatic heterocycles. The summed E-state index contributed by atoms with van der Waals surface area (Å²) in [6.07, 6.45) is 3.16. The Morgan fingerprint density at radius 1 is 1.13 bits per heavy atom. The number of nitrogens with one attached hydrogen (secondary N) is 1. The van der Waals surface area contributed by atoms with Gasteiger partial charge in [-0.3, -0.25) is 4.98 Å². The summed E-state index contributed by atoms with van der Waals surface area (Å²) in [6.45, 7) is 3.75. The van der Waals surface area contributed by atoms with Gasteiger partial charge < -0.3 is 15.5 Å². The zero-order valence-electron chi connectivity index (χ0n) is 16.8. The van der Waals surface area contributed by atoms with E-state index in [1.165, 1.54) is 6.33 Å². The lowest BCUT2D eigenvalue weighted by molar-refractivity contribution is 0.532. The standard InChI is InChI=1S/C21H18N8OS/c1-11(26-19-16(18(22)24-10-25-19)20-29-28-12(2)30-20)14-9-13-6-8-31-21(13)27-17(14)15-5-3-4-7-23-15/h3-11H,1-2H3,(H3,22,24,25,26). The van der Waals surface area contributed by atoms with Crippen molar-refractivity contribution < 1.29 is 4.42 Å². The molecule has 0 aromatic carbocycles. The fourth-order valence-electron chi connectivity index (χ4n) is 3.35. The number of hydrogen-bond acceptors (Lipinski definition) is 10. The molecular weight excluding hydrogens is 412 g/mol. The average Bonchev–Trinajstić information content (AvgIpc) is 3.42. The Labute approximate surface area is 181 Å². The molecule has 3 N–H and O–H groups in total. The highest BCUT2D eigenvalue weighted by Gasteiger charge is 2.22. The molecule has 0 spiro atoms. The van der Waals surface area contributed by atoms with Crippen LogP contribution < -0.4 is 11.1 Å². The first-order chi connectivity index (χ1) is 15.1. The van der Waals surface area contributed by atoms with Gasteiger partial charge in [-0.1, -0.05) is 6.07 Å². The van der Waals surface area contributed by atoms with Gasteiger partial charge in [-0.25, -0.2) is 15.0 Å². The van der Waals surface area contributed by atoms with E-state index >= 15 is 0 Å². The van der Waals surface area contributed by atoms with E-state index in [0.717, 1.165) is 27.2 Å². The molecule has 0 aliphatic rings. The summed E-state index contributed by atoms with van der Waals surface area (Å²) in [6, 6.07) is 9.80. The molecule has 0 amide bonds. The second kappa shape index (κ2) is 7.73. The van der Waals surface area contributed by atoms with E-state index in [0.29, 0.717) is 17.3 Å². The molecule has 1 atom stereocenters. The van der Waals surface area contributed by atoms with Crippen LogP contribution in [0, 0.1) is 6.92 Å². The first kappa shape index (κ1) is 19.1. The third-order valence-corrected chi connectivity index (χ3v) is 5.64. The molecule has 31 heavy (non-hydrogen) atoms. The van der Waals surface area contributed by atoms with Crippen LogP contribution in [0.5, 0.6) is 0 Å². The number of aromatic nitrogens is 6. The molecule has 0 saturated heterocycles. The van der Waals surface area contributed by atoms with Crippen LogP contribution in [-0.2, 0) is 0 Å². The Morgan fingerprint density at radius 2 is 2.03 bits per heavy atom. The lowest BCUT2D eigenvalue weighted by atomic mass is 10.0. The van der Waals surface area contributed by atoms with E-state index in [2.05, 4.69) is 42.6 Å². The first-order valence-electron chi connectivity index (χ1n) is 9.57. The summed E-state index contributed by atoms with van der Waals surface area (Å²) in [7, 11) is 0. The van der Waals surface area contributed by atoms with E-state index in [-0.39, 0.29) is 17.8 Å². The minimum absolute atomic E-state index is 0.175. The number of nitrogens with zero attached hydrogens (tertiary/aromatic N) is 6. The summed E-state index contributed by atoms with van der Waals surface area (Å²) < 4.78 is 5.58. The molecule has 0 aliphatic carbocycles. The third kappa shape index (κ3) is 3.57. The predicted molar refractivity (Wildman–Crippen MR) is 119 cm³/mol. The van der Waals surface area contributed by atoms with Crippen molar-refractivity contribution in [2.24, 2.45) is 0 Å². The molecule has 9 nitrogen and oxygen atoms in total. The van der Waals surface area contributed by atoms with Crippen LogP contribution in [0.2, 0.25) is 0 Å². The summed E-state index contributed by atoms with van der Waals surface area (Å²) in [5.74, 6) is 1.45.